The summed E-state index contributed by atoms with van der Waals surface area (Å²) >= 11 is 1.81. The molecule has 0 saturated heterocycles. The number of nitrogens with zero attached hydrogens (tertiary/aromatic N) is 1. The van der Waals surface area contributed by atoms with Gasteiger partial charge in [-0.1, -0.05) is 50.7 Å². The van der Waals surface area contributed by atoms with Crippen molar-refractivity contribution in [3.63, 3.8) is 0 Å². The standard InChI is InChI=1S/C21H33NOS.ClH/c23-20-14-7-8-15-21(20)24-17-9-16-22(18-10-3-1-4-11-18)19-12-5-2-6-13-19;/h7-8,14-15,18-19,23H,1-6,9-13,16-17H2;1H. The van der Waals surface area contributed by atoms with Gasteiger partial charge in [0.05, 0.1) is 0 Å². The predicted octanol–water partition coefficient (Wildman–Crippen LogP) is 6.26. The van der Waals surface area contributed by atoms with Crippen molar-refractivity contribution in [1.29, 1.82) is 0 Å². The van der Waals surface area contributed by atoms with Gasteiger partial charge in [-0.3, -0.25) is 4.90 Å². The molecule has 0 spiro atoms. The van der Waals surface area contributed by atoms with Crippen LogP contribution in [0.1, 0.15) is 70.6 Å². The smallest absolute Gasteiger partial charge is 0.129 e. The van der Waals surface area contributed by atoms with Crippen LogP contribution in [0.2, 0.25) is 0 Å². The number of para-hydroxylation sites is 1. The first-order chi connectivity index (χ1) is 11.8. The third kappa shape index (κ3) is 6.37. The van der Waals surface area contributed by atoms with Gasteiger partial charge in [0.2, 0.25) is 0 Å². The third-order valence-corrected chi connectivity index (χ3v) is 6.92. The number of rotatable bonds is 7. The summed E-state index contributed by atoms with van der Waals surface area (Å²) in [5.41, 5.74) is 0. The van der Waals surface area contributed by atoms with Gasteiger partial charge in [-0.05, 0) is 56.5 Å². The highest BCUT2D eigenvalue weighted by molar-refractivity contribution is 7.99. The van der Waals surface area contributed by atoms with Crippen molar-refractivity contribution in [1.82, 2.24) is 4.90 Å². The number of benzene rings is 1. The van der Waals surface area contributed by atoms with Crippen LogP contribution in [0.25, 0.3) is 0 Å². The molecule has 142 valence electrons. The molecule has 4 heteroatoms. The van der Waals surface area contributed by atoms with Crippen LogP contribution in [0.5, 0.6) is 5.75 Å². The van der Waals surface area contributed by atoms with Crippen LogP contribution in [-0.2, 0) is 0 Å². The molecule has 25 heavy (non-hydrogen) atoms. The molecule has 0 unspecified atom stereocenters. The van der Waals surface area contributed by atoms with Crippen molar-refractivity contribution >= 4 is 24.2 Å². The molecule has 0 amide bonds. The second kappa shape index (κ2) is 11.4. The van der Waals surface area contributed by atoms with Gasteiger partial charge < -0.3 is 5.11 Å². The van der Waals surface area contributed by atoms with E-state index < -0.39 is 0 Å². The molecule has 1 N–H and O–H groups in total. The average Bonchev–Trinajstić information content (AvgIpc) is 2.64. The minimum Gasteiger partial charge on any atom is -0.507 e. The molecule has 2 aliphatic carbocycles. The summed E-state index contributed by atoms with van der Waals surface area (Å²) in [6.07, 6.45) is 15.5. The molecule has 0 heterocycles. The Kier molecular flexibility index (Phi) is 9.51. The maximum Gasteiger partial charge on any atom is 0.129 e. The molecule has 2 nitrogen and oxygen atoms in total. The van der Waals surface area contributed by atoms with E-state index in [0.29, 0.717) is 5.75 Å². The lowest BCUT2D eigenvalue weighted by Gasteiger charge is -2.41. The molecule has 2 aliphatic rings. The van der Waals surface area contributed by atoms with E-state index in [2.05, 4.69) is 4.90 Å². The zero-order chi connectivity index (χ0) is 16.6. The van der Waals surface area contributed by atoms with Gasteiger partial charge in [0.1, 0.15) is 5.75 Å². The summed E-state index contributed by atoms with van der Waals surface area (Å²) in [6, 6.07) is 9.42. The van der Waals surface area contributed by atoms with Gasteiger partial charge in [0.25, 0.3) is 0 Å². The summed E-state index contributed by atoms with van der Waals surface area (Å²) in [4.78, 5) is 3.92. The Balaban J connectivity index is 0.00000225. The molecular weight excluding hydrogens is 350 g/mol. The summed E-state index contributed by atoms with van der Waals surface area (Å²) < 4.78 is 0. The summed E-state index contributed by atoms with van der Waals surface area (Å²) in [6.45, 7) is 1.25. The van der Waals surface area contributed by atoms with Crippen molar-refractivity contribution in [3.8, 4) is 5.75 Å². The minimum absolute atomic E-state index is 0. The number of thioether (sulfide) groups is 1. The number of halogens is 1. The monoisotopic (exact) mass is 383 g/mol. The summed E-state index contributed by atoms with van der Waals surface area (Å²) in [5, 5.41) is 9.90. The number of aromatic hydroxyl groups is 1. The molecule has 3 rings (SSSR count). The van der Waals surface area contributed by atoms with Crippen LogP contribution < -0.4 is 0 Å². The van der Waals surface area contributed by atoms with Crippen molar-refractivity contribution in [2.24, 2.45) is 0 Å². The number of hydrogen-bond acceptors (Lipinski definition) is 3. The van der Waals surface area contributed by atoms with E-state index in [1.807, 2.05) is 18.2 Å². The zero-order valence-electron chi connectivity index (χ0n) is 15.4. The first-order valence-electron chi connectivity index (χ1n) is 10.0. The Morgan fingerprint density at radius 2 is 1.44 bits per heavy atom. The molecular formula is C21H34ClNOS. The normalized spacial score (nSPS) is 19.7. The van der Waals surface area contributed by atoms with Crippen LogP contribution in [0, 0.1) is 0 Å². The highest BCUT2D eigenvalue weighted by atomic mass is 35.5. The minimum atomic E-state index is 0. The molecule has 1 aromatic carbocycles. The van der Waals surface area contributed by atoms with Crippen molar-refractivity contribution < 1.29 is 5.11 Å². The largest absolute Gasteiger partial charge is 0.507 e. The molecule has 0 radical (unpaired) electrons. The second-order valence-corrected chi connectivity index (χ2v) is 8.63. The lowest BCUT2D eigenvalue weighted by Crippen LogP contribution is -2.45. The zero-order valence-corrected chi connectivity index (χ0v) is 17.0. The van der Waals surface area contributed by atoms with E-state index in [0.717, 1.165) is 22.7 Å². The van der Waals surface area contributed by atoms with E-state index in [4.69, 9.17) is 0 Å². The van der Waals surface area contributed by atoms with E-state index >= 15 is 0 Å². The Labute approximate surface area is 164 Å². The maximum atomic E-state index is 9.90. The molecule has 0 aliphatic heterocycles. The van der Waals surface area contributed by atoms with E-state index in [9.17, 15) is 5.11 Å². The third-order valence-electron chi connectivity index (χ3n) is 5.77. The number of phenols is 1. The lowest BCUT2D eigenvalue weighted by molar-refractivity contribution is 0.0813. The quantitative estimate of drug-likeness (QED) is 0.443. The Bertz CT molecular complexity index is 469. The van der Waals surface area contributed by atoms with Gasteiger partial charge >= 0.3 is 0 Å². The van der Waals surface area contributed by atoms with Crippen LogP contribution >= 0.6 is 24.2 Å². The Morgan fingerprint density at radius 3 is 2.00 bits per heavy atom. The van der Waals surface area contributed by atoms with Crippen molar-refractivity contribution in [3.05, 3.63) is 24.3 Å². The molecule has 0 atom stereocenters. The fourth-order valence-electron chi connectivity index (χ4n) is 4.50. The number of hydrogen-bond donors (Lipinski definition) is 1. The van der Waals surface area contributed by atoms with E-state index in [1.165, 1.54) is 77.2 Å². The fraction of sp³-hybridized carbons (Fsp3) is 0.714. The first kappa shape index (κ1) is 20.9. The Morgan fingerprint density at radius 1 is 0.880 bits per heavy atom. The number of phenolic OH excluding ortho intramolecular Hbond substituents is 1. The highest BCUT2D eigenvalue weighted by Crippen LogP contribution is 2.31. The van der Waals surface area contributed by atoms with Gasteiger partial charge in [-0.15, -0.1) is 24.2 Å². The summed E-state index contributed by atoms with van der Waals surface area (Å²) in [7, 11) is 0. The maximum absolute atomic E-state index is 9.90. The van der Waals surface area contributed by atoms with Crippen LogP contribution in [0.15, 0.2) is 29.2 Å². The molecule has 0 bridgehead atoms. The highest BCUT2D eigenvalue weighted by Gasteiger charge is 2.28. The Hall–Kier alpha value is -0.380. The van der Waals surface area contributed by atoms with Gasteiger partial charge in [-0.25, -0.2) is 0 Å². The van der Waals surface area contributed by atoms with Gasteiger partial charge in [-0.2, -0.15) is 0 Å². The van der Waals surface area contributed by atoms with Crippen LogP contribution in [0.4, 0.5) is 0 Å². The lowest BCUT2D eigenvalue weighted by atomic mass is 9.88. The molecule has 2 fully saturated rings. The second-order valence-electron chi connectivity index (χ2n) is 7.49. The average molecular weight is 384 g/mol. The topological polar surface area (TPSA) is 23.5 Å². The van der Waals surface area contributed by atoms with Crippen molar-refractivity contribution in [2.75, 3.05) is 12.3 Å². The molecule has 2 saturated carbocycles. The SMILES string of the molecule is Cl.Oc1ccccc1SCCCN(C1CCCCC1)C1CCCCC1. The molecule has 1 aromatic rings. The van der Waals surface area contributed by atoms with E-state index in [-0.39, 0.29) is 12.4 Å². The predicted molar refractivity (Wildman–Crippen MR) is 111 cm³/mol. The first-order valence-corrected chi connectivity index (χ1v) is 11.0. The fourth-order valence-corrected chi connectivity index (χ4v) is 5.38. The van der Waals surface area contributed by atoms with E-state index in [1.54, 1.807) is 17.8 Å². The van der Waals surface area contributed by atoms with Crippen molar-refractivity contribution in [2.45, 2.75) is 87.6 Å². The molecule has 0 aromatic heterocycles. The summed E-state index contributed by atoms with van der Waals surface area (Å²) in [5.74, 6) is 1.53. The van der Waals surface area contributed by atoms with Crippen LogP contribution in [-0.4, -0.2) is 34.4 Å². The van der Waals surface area contributed by atoms with Crippen LogP contribution in [0.3, 0.4) is 0 Å². The van der Waals surface area contributed by atoms with Gasteiger partial charge in [0, 0.05) is 17.0 Å². The van der Waals surface area contributed by atoms with Gasteiger partial charge in [0.15, 0.2) is 0 Å².